The highest BCUT2D eigenvalue weighted by molar-refractivity contribution is 9.10. The lowest BCUT2D eigenvalue weighted by molar-refractivity contribution is -0.385. The molecule has 0 N–H and O–H groups in total. The summed E-state index contributed by atoms with van der Waals surface area (Å²) in [6.07, 6.45) is 1.24. The number of halogens is 2. The Bertz CT molecular complexity index is 609. The lowest BCUT2D eigenvalue weighted by Gasteiger charge is -2.04. The van der Waals surface area contributed by atoms with E-state index in [1.54, 1.807) is 6.07 Å². The van der Waals surface area contributed by atoms with Gasteiger partial charge in [-0.2, -0.15) is 0 Å². The lowest BCUT2D eigenvalue weighted by Crippen LogP contribution is -1.92. The average molecular weight is 331 g/mol. The summed E-state index contributed by atoms with van der Waals surface area (Å²) in [4.78, 5) is 17.7. The summed E-state index contributed by atoms with van der Waals surface area (Å²) >= 11 is 8.84. The van der Waals surface area contributed by atoms with Crippen LogP contribution in [0.5, 0.6) is 11.6 Å². The van der Waals surface area contributed by atoms with Crippen LogP contribution >= 0.6 is 27.5 Å². The van der Waals surface area contributed by atoms with Crippen molar-refractivity contribution in [3.8, 4) is 11.6 Å². The zero-order valence-corrected chi connectivity index (χ0v) is 11.1. The minimum atomic E-state index is -0.509. The van der Waals surface area contributed by atoms with Crippen molar-refractivity contribution in [2.75, 3.05) is 0 Å². The van der Waals surface area contributed by atoms with Crippen LogP contribution in [0.25, 0.3) is 0 Å². The summed E-state index contributed by atoms with van der Waals surface area (Å²) in [5, 5.41) is 10.9. The molecule has 0 radical (unpaired) electrons. The summed E-state index contributed by atoms with van der Waals surface area (Å²) in [5.41, 5.74) is -0.0838. The number of nitro groups is 1. The van der Waals surface area contributed by atoms with Gasteiger partial charge in [-0.05, 0) is 6.07 Å². The first-order chi connectivity index (χ1) is 8.54. The van der Waals surface area contributed by atoms with E-state index in [0.717, 1.165) is 0 Å². The summed E-state index contributed by atoms with van der Waals surface area (Å²) in [7, 11) is 0. The van der Waals surface area contributed by atoms with Crippen LogP contribution < -0.4 is 4.74 Å². The van der Waals surface area contributed by atoms with Crippen LogP contribution in [-0.2, 0) is 0 Å². The van der Waals surface area contributed by atoms with Crippen LogP contribution in [0.2, 0.25) is 5.15 Å². The molecule has 0 amide bonds. The first kappa shape index (κ1) is 12.7. The first-order valence-corrected chi connectivity index (χ1v) is 5.82. The molecule has 0 unspecified atom stereocenters. The third-order valence-corrected chi connectivity index (χ3v) is 2.56. The molecule has 0 aliphatic heterocycles. The van der Waals surface area contributed by atoms with Crippen LogP contribution in [0.15, 0.2) is 35.1 Å². The van der Waals surface area contributed by atoms with Gasteiger partial charge in [0.1, 0.15) is 17.2 Å². The number of rotatable bonds is 3. The molecule has 0 aliphatic rings. The second-order valence-corrected chi connectivity index (χ2v) is 4.49. The number of hydrogen-bond acceptors (Lipinski definition) is 5. The Morgan fingerprint density at radius 3 is 2.72 bits per heavy atom. The van der Waals surface area contributed by atoms with E-state index in [4.69, 9.17) is 16.3 Å². The SMILES string of the molecule is O=[N+]([O-])c1cc(Br)cc(Oc2cc(Cl)ncn2)c1. The lowest BCUT2D eigenvalue weighted by atomic mass is 10.3. The molecule has 1 aromatic carbocycles. The number of non-ortho nitro benzene ring substituents is 1. The molecule has 6 nitrogen and oxygen atoms in total. The number of nitro benzene ring substituents is 1. The molecule has 1 aromatic heterocycles. The third-order valence-electron chi connectivity index (χ3n) is 1.90. The predicted molar refractivity (Wildman–Crippen MR) is 67.9 cm³/mol. The molecule has 0 aliphatic carbocycles. The fourth-order valence-electron chi connectivity index (χ4n) is 1.21. The van der Waals surface area contributed by atoms with Crippen molar-refractivity contribution < 1.29 is 9.66 Å². The van der Waals surface area contributed by atoms with Crippen molar-refractivity contribution in [3.63, 3.8) is 0 Å². The van der Waals surface area contributed by atoms with Gasteiger partial charge in [-0.15, -0.1) is 0 Å². The summed E-state index contributed by atoms with van der Waals surface area (Å²) in [6, 6.07) is 5.66. The van der Waals surface area contributed by atoms with E-state index >= 15 is 0 Å². The molecule has 0 spiro atoms. The molecular formula is C10H5BrClN3O3. The van der Waals surface area contributed by atoms with E-state index in [2.05, 4.69) is 25.9 Å². The number of ether oxygens (including phenoxy) is 1. The van der Waals surface area contributed by atoms with Crippen LogP contribution in [0.4, 0.5) is 5.69 Å². The zero-order chi connectivity index (χ0) is 13.1. The zero-order valence-electron chi connectivity index (χ0n) is 8.71. The van der Waals surface area contributed by atoms with E-state index in [1.165, 1.54) is 24.5 Å². The molecule has 8 heteroatoms. The van der Waals surface area contributed by atoms with Crippen molar-refractivity contribution >= 4 is 33.2 Å². The molecule has 2 rings (SSSR count). The summed E-state index contributed by atoms with van der Waals surface area (Å²) in [6.45, 7) is 0. The largest absolute Gasteiger partial charge is 0.439 e. The highest BCUT2D eigenvalue weighted by atomic mass is 79.9. The van der Waals surface area contributed by atoms with Gasteiger partial charge in [0.2, 0.25) is 5.88 Å². The quantitative estimate of drug-likeness (QED) is 0.488. The maximum Gasteiger partial charge on any atom is 0.274 e. The molecular weight excluding hydrogens is 325 g/mol. The number of hydrogen-bond donors (Lipinski definition) is 0. The van der Waals surface area contributed by atoms with Gasteiger partial charge in [-0.25, -0.2) is 9.97 Å². The van der Waals surface area contributed by atoms with Gasteiger partial charge < -0.3 is 4.74 Å². The van der Waals surface area contributed by atoms with Gasteiger partial charge >= 0.3 is 0 Å². The molecule has 0 fully saturated rings. The highest BCUT2D eigenvalue weighted by Gasteiger charge is 2.10. The van der Waals surface area contributed by atoms with Gasteiger partial charge in [-0.3, -0.25) is 10.1 Å². The smallest absolute Gasteiger partial charge is 0.274 e. The second kappa shape index (κ2) is 5.28. The van der Waals surface area contributed by atoms with E-state index in [0.29, 0.717) is 4.47 Å². The molecule has 2 aromatic rings. The van der Waals surface area contributed by atoms with Gasteiger partial charge in [-0.1, -0.05) is 27.5 Å². The van der Waals surface area contributed by atoms with Crippen molar-refractivity contribution in [3.05, 3.63) is 50.3 Å². The normalized spacial score (nSPS) is 10.1. The van der Waals surface area contributed by atoms with Crippen molar-refractivity contribution in [2.24, 2.45) is 0 Å². The van der Waals surface area contributed by atoms with Crippen LogP contribution in [0, 0.1) is 10.1 Å². The maximum atomic E-state index is 10.7. The van der Waals surface area contributed by atoms with E-state index in [1.807, 2.05) is 0 Å². The van der Waals surface area contributed by atoms with E-state index < -0.39 is 4.92 Å². The first-order valence-electron chi connectivity index (χ1n) is 4.65. The van der Waals surface area contributed by atoms with Crippen molar-refractivity contribution in [1.82, 2.24) is 9.97 Å². The fourth-order valence-corrected chi connectivity index (χ4v) is 1.80. The predicted octanol–water partition coefficient (Wildman–Crippen LogP) is 3.59. The summed E-state index contributed by atoms with van der Waals surface area (Å²) < 4.78 is 5.89. The second-order valence-electron chi connectivity index (χ2n) is 3.18. The van der Waals surface area contributed by atoms with Crippen LogP contribution in [0.1, 0.15) is 0 Å². The molecule has 0 bridgehead atoms. The standard InChI is InChI=1S/C10H5BrClN3O3/c11-6-1-7(15(16)17)3-8(2-6)18-10-4-9(12)13-5-14-10/h1-5H. The Hall–Kier alpha value is -1.73. The van der Waals surface area contributed by atoms with E-state index in [-0.39, 0.29) is 22.5 Å². The summed E-state index contributed by atoms with van der Waals surface area (Å²) in [5.74, 6) is 0.494. The Morgan fingerprint density at radius 2 is 2.06 bits per heavy atom. The molecule has 0 saturated carbocycles. The number of aromatic nitrogens is 2. The molecule has 1 heterocycles. The average Bonchev–Trinajstić information content (AvgIpc) is 2.28. The Kier molecular flexibility index (Phi) is 3.73. The van der Waals surface area contributed by atoms with Crippen LogP contribution in [0.3, 0.4) is 0 Å². The van der Waals surface area contributed by atoms with Crippen molar-refractivity contribution in [2.45, 2.75) is 0 Å². The Labute approximate surface area is 115 Å². The van der Waals surface area contributed by atoms with Crippen molar-refractivity contribution in [1.29, 1.82) is 0 Å². The van der Waals surface area contributed by atoms with Crippen LogP contribution in [-0.4, -0.2) is 14.9 Å². The minimum absolute atomic E-state index is 0.0838. The van der Waals surface area contributed by atoms with E-state index in [9.17, 15) is 10.1 Å². The van der Waals surface area contributed by atoms with Gasteiger partial charge in [0.05, 0.1) is 11.0 Å². The number of nitrogens with zero attached hydrogens (tertiary/aromatic N) is 3. The van der Waals surface area contributed by atoms with Gasteiger partial charge in [0, 0.05) is 16.6 Å². The molecule has 0 atom stereocenters. The molecule has 92 valence electrons. The van der Waals surface area contributed by atoms with Gasteiger partial charge in [0.25, 0.3) is 5.69 Å². The molecule has 0 saturated heterocycles. The van der Waals surface area contributed by atoms with Gasteiger partial charge in [0.15, 0.2) is 0 Å². The number of benzene rings is 1. The Balaban J connectivity index is 2.31. The third kappa shape index (κ3) is 3.14. The Morgan fingerprint density at radius 1 is 1.28 bits per heavy atom. The maximum absolute atomic E-state index is 10.7. The minimum Gasteiger partial charge on any atom is -0.439 e. The monoisotopic (exact) mass is 329 g/mol. The fraction of sp³-hybridized carbons (Fsp3) is 0. The topological polar surface area (TPSA) is 78.2 Å². The molecule has 18 heavy (non-hydrogen) atoms. The highest BCUT2D eigenvalue weighted by Crippen LogP contribution is 2.29.